The van der Waals surface area contributed by atoms with Gasteiger partial charge in [-0.25, -0.2) is 4.98 Å². The summed E-state index contributed by atoms with van der Waals surface area (Å²) in [6.07, 6.45) is 0. The molecule has 1 aromatic heterocycles. The lowest BCUT2D eigenvalue weighted by Gasteiger charge is -2.07. The van der Waals surface area contributed by atoms with Crippen LogP contribution in [-0.2, 0) is 4.79 Å². The lowest BCUT2D eigenvalue weighted by Crippen LogP contribution is -2.25. The van der Waals surface area contributed by atoms with Gasteiger partial charge >= 0.3 is 5.91 Å². The van der Waals surface area contributed by atoms with Crippen LogP contribution in [0, 0.1) is 0 Å². The predicted octanol–water partition coefficient (Wildman–Crippen LogP) is 2.63. The molecule has 0 saturated carbocycles. The third-order valence-corrected chi connectivity index (χ3v) is 4.06. The van der Waals surface area contributed by atoms with Crippen molar-refractivity contribution in [3.05, 3.63) is 54.4 Å². The van der Waals surface area contributed by atoms with Gasteiger partial charge in [0.1, 0.15) is 23.8 Å². The SMILES string of the molecule is COc1ccc(-c2nc(C(N)=O)oc2-c2ccc(OCCNC(C)=O)cc2)cc1. The minimum atomic E-state index is -0.746. The van der Waals surface area contributed by atoms with E-state index in [-0.39, 0.29) is 11.8 Å². The number of oxazole rings is 1. The van der Waals surface area contributed by atoms with E-state index in [0.717, 1.165) is 5.56 Å². The van der Waals surface area contributed by atoms with Gasteiger partial charge < -0.3 is 24.9 Å². The van der Waals surface area contributed by atoms with E-state index in [0.29, 0.717) is 41.7 Å². The average molecular weight is 395 g/mol. The summed E-state index contributed by atoms with van der Waals surface area (Å²) < 4.78 is 16.4. The van der Waals surface area contributed by atoms with E-state index in [9.17, 15) is 9.59 Å². The molecule has 8 heteroatoms. The summed E-state index contributed by atoms with van der Waals surface area (Å²) in [5.74, 6) is 0.749. The fourth-order valence-electron chi connectivity index (χ4n) is 2.66. The molecule has 0 radical (unpaired) electrons. The first-order valence-electron chi connectivity index (χ1n) is 8.90. The molecule has 1 heterocycles. The van der Waals surface area contributed by atoms with Crippen LogP contribution in [0.25, 0.3) is 22.6 Å². The van der Waals surface area contributed by atoms with Gasteiger partial charge in [-0.05, 0) is 48.5 Å². The largest absolute Gasteiger partial charge is 0.497 e. The Kier molecular flexibility index (Phi) is 6.13. The van der Waals surface area contributed by atoms with E-state index in [1.807, 2.05) is 12.1 Å². The monoisotopic (exact) mass is 395 g/mol. The zero-order chi connectivity index (χ0) is 20.8. The minimum absolute atomic E-state index is 0.106. The molecule has 3 aromatic rings. The lowest BCUT2D eigenvalue weighted by atomic mass is 10.1. The van der Waals surface area contributed by atoms with Crippen molar-refractivity contribution in [1.29, 1.82) is 0 Å². The molecule has 0 fully saturated rings. The molecule has 0 unspecified atom stereocenters. The highest BCUT2D eigenvalue weighted by Gasteiger charge is 2.20. The number of benzene rings is 2. The first kappa shape index (κ1) is 19.9. The van der Waals surface area contributed by atoms with Crippen LogP contribution in [-0.4, -0.2) is 37.1 Å². The number of aromatic nitrogens is 1. The van der Waals surface area contributed by atoms with E-state index in [4.69, 9.17) is 19.6 Å². The van der Waals surface area contributed by atoms with Crippen molar-refractivity contribution in [3.63, 3.8) is 0 Å². The molecule has 3 rings (SSSR count). The predicted molar refractivity (Wildman–Crippen MR) is 107 cm³/mol. The van der Waals surface area contributed by atoms with Crippen molar-refractivity contribution in [2.45, 2.75) is 6.92 Å². The van der Waals surface area contributed by atoms with Crippen LogP contribution in [0.15, 0.2) is 52.9 Å². The Labute approximate surface area is 167 Å². The summed E-state index contributed by atoms with van der Waals surface area (Å²) >= 11 is 0. The van der Waals surface area contributed by atoms with Crippen molar-refractivity contribution in [3.8, 4) is 34.1 Å². The quantitative estimate of drug-likeness (QED) is 0.566. The Morgan fingerprint density at radius 1 is 1.03 bits per heavy atom. The molecule has 150 valence electrons. The van der Waals surface area contributed by atoms with E-state index in [1.165, 1.54) is 6.92 Å². The number of primary amides is 1. The van der Waals surface area contributed by atoms with Gasteiger partial charge in [-0.2, -0.15) is 0 Å². The highest BCUT2D eigenvalue weighted by Crippen LogP contribution is 2.34. The van der Waals surface area contributed by atoms with Crippen molar-refractivity contribution in [2.24, 2.45) is 5.73 Å². The van der Waals surface area contributed by atoms with Gasteiger partial charge in [-0.1, -0.05) is 0 Å². The van der Waals surface area contributed by atoms with Crippen LogP contribution < -0.4 is 20.5 Å². The van der Waals surface area contributed by atoms with Crippen LogP contribution in [0.3, 0.4) is 0 Å². The molecule has 0 atom stereocenters. The number of hydrogen-bond acceptors (Lipinski definition) is 6. The maximum atomic E-state index is 11.6. The average Bonchev–Trinajstić information content (AvgIpc) is 3.17. The molecule has 29 heavy (non-hydrogen) atoms. The highest BCUT2D eigenvalue weighted by molar-refractivity contribution is 5.90. The highest BCUT2D eigenvalue weighted by atomic mass is 16.5. The molecule has 0 aliphatic carbocycles. The number of amides is 2. The normalized spacial score (nSPS) is 10.4. The molecule has 0 spiro atoms. The van der Waals surface area contributed by atoms with Gasteiger partial charge in [-0.3, -0.25) is 9.59 Å². The smallest absolute Gasteiger partial charge is 0.304 e. The molecular weight excluding hydrogens is 374 g/mol. The second-order valence-corrected chi connectivity index (χ2v) is 6.15. The number of methoxy groups -OCH3 is 1. The van der Waals surface area contributed by atoms with Gasteiger partial charge in [-0.15, -0.1) is 0 Å². The van der Waals surface area contributed by atoms with Crippen LogP contribution in [0.5, 0.6) is 11.5 Å². The van der Waals surface area contributed by atoms with Crippen LogP contribution in [0.1, 0.15) is 17.6 Å². The third-order valence-electron chi connectivity index (χ3n) is 4.06. The summed E-state index contributed by atoms with van der Waals surface area (Å²) in [6.45, 7) is 2.22. The fourth-order valence-corrected chi connectivity index (χ4v) is 2.66. The van der Waals surface area contributed by atoms with Gasteiger partial charge in [0.15, 0.2) is 5.76 Å². The van der Waals surface area contributed by atoms with E-state index < -0.39 is 5.91 Å². The summed E-state index contributed by atoms with van der Waals surface area (Å²) in [4.78, 5) is 26.7. The summed E-state index contributed by atoms with van der Waals surface area (Å²) in [6, 6.07) is 14.4. The number of nitrogens with zero attached hydrogens (tertiary/aromatic N) is 1. The second-order valence-electron chi connectivity index (χ2n) is 6.15. The number of nitrogens with two attached hydrogens (primary N) is 1. The van der Waals surface area contributed by atoms with Gasteiger partial charge in [0.2, 0.25) is 5.91 Å². The minimum Gasteiger partial charge on any atom is -0.497 e. The van der Waals surface area contributed by atoms with Crippen LogP contribution in [0.4, 0.5) is 0 Å². The topological polar surface area (TPSA) is 117 Å². The molecule has 8 nitrogen and oxygen atoms in total. The number of carbonyl (C=O) groups is 2. The number of hydrogen-bond donors (Lipinski definition) is 2. The summed E-state index contributed by atoms with van der Waals surface area (Å²) in [5, 5.41) is 2.66. The van der Waals surface area contributed by atoms with Gasteiger partial charge in [0.25, 0.3) is 5.89 Å². The number of ether oxygens (including phenoxy) is 2. The van der Waals surface area contributed by atoms with Crippen molar-refractivity contribution >= 4 is 11.8 Å². The zero-order valence-corrected chi connectivity index (χ0v) is 16.1. The first-order chi connectivity index (χ1) is 14.0. The van der Waals surface area contributed by atoms with E-state index in [1.54, 1.807) is 43.5 Å². The summed E-state index contributed by atoms with van der Waals surface area (Å²) in [5.41, 5.74) is 7.32. The molecule has 0 saturated heterocycles. The molecular formula is C21H21N3O5. The van der Waals surface area contributed by atoms with Crippen molar-refractivity contribution in [1.82, 2.24) is 10.3 Å². The maximum absolute atomic E-state index is 11.6. The van der Waals surface area contributed by atoms with Crippen molar-refractivity contribution < 1.29 is 23.5 Å². The Bertz CT molecular complexity index is 994. The fraction of sp³-hybridized carbons (Fsp3) is 0.190. The zero-order valence-electron chi connectivity index (χ0n) is 16.1. The van der Waals surface area contributed by atoms with E-state index >= 15 is 0 Å². The Balaban J connectivity index is 1.85. The third kappa shape index (κ3) is 4.92. The first-order valence-corrected chi connectivity index (χ1v) is 8.90. The maximum Gasteiger partial charge on any atom is 0.304 e. The standard InChI is InChI=1S/C21H21N3O5/c1-13(25)23-11-12-28-17-9-5-15(6-10-17)19-18(24-21(29-19)20(22)26)14-3-7-16(27-2)8-4-14/h3-10H,11-12H2,1-2H3,(H2,22,26)(H,23,25). The lowest BCUT2D eigenvalue weighted by molar-refractivity contribution is -0.119. The molecule has 2 aromatic carbocycles. The number of carbonyl (C=O) groups excluding carboxylic acids is 2. The van der Waals surface area contributed by atoms with E-state index in [2.05, 4.69) is 10.3 Å². The Morgan fingerprint density at radius 3 is 2.24 bits per heavy atom. The molecule has 0 aliphatic rings. The van der Waals surface area contributed by atoms with Crippen LogP contribution in [0.2, 0.25) is 0 Å². The second kappa shape index (κ2) is 8.92. The Hall–Kier alpha value is -3.81. The molecule has 0 aliphatic heterocycles. The Morgan fingerprint density at radius 2 is 1.66 bits per heavy atom. The number of rotatable bonds is 8. The van der Waals surface area contributed by atoms with Crippen molar-refractivity contribution in [2.75, 3.05) is 20.3 Å². The molecule has 0 bridgehead atoms. The van der Waals surface area contributed by atoms with Gasteiger partial charge in [0.05, 0.1) is 13.7 Å². The molecule has 3 N–H and O–H groups in total. The van der Waals surface area contributed by atoms with Crippen LogP contribution >= 0.6 is 0 Å². The summed E-state index contributed by atoms with van der Waals surface area (Å²) in [7, 11) is 1.58. The molecule has 2 amide bonds. The number of nitrogens with one attached hydrogen (secondary N) is 1. The van der Waals surface area contributed by atoms with Gasteiger partial charge in [0, 0.05) is 18.1 Å².